The predicted molar refractivity (Wildman–Crippen MR) is 56.4 cm³/mol. The van der Waals surface area contributed by atoms with Gasteiger partial charge in [-0.15, -0.1) is 11.8 Å². The Kier molecular flexibility index (Phi) is 2.59. The van der Waals surface area contributed by atoms with Gasteiger partial charge >= 0.3 is 0 Å². The van der Waals surface area contributed by atoms with Crippen molar-refractivity contribution in [2.45, 2.75) is 5.37 Å². The van der Waals surface area contributed by atoms with E-state index in [2.05, 4.69) is 5.32 Å². The molecule has 1 aliphatic heterocycles. The maximum atomic E-state index is 11.0. The fourth-order valence-electron chi connectivity index (χ4n) is 1.37. The van der Waals surface area contributed by atoms with Gasteiger partial charge in [0.2, 0.25) is 5.91 Å². The summed E-state index contributed by atoms with van der Waals surface area (Å²) < 4.78 is 0. The highest BCUT2D eigenvalue weighted by atomic mass is 32.2. The van der Waals surface area contributed by atoms with Crippen molar-refractivity contribution in [3.63, 3.8) is 0 Å². The summed E-state index contributed by atoms with van der Waals surface area (Å²) in [5.41, 5.74) is 0.814. The molecule has 0 bridgehead atoms. The maximum Gasteiger partial charge on any atom is 0.269 e. The highest BCUT2D eigenvalue weighted by Crippen LogP contribution is 2.31. The van der Waals surface area contributed by atoms with E-state index in [4.69, 9.17) is 0 Å². The largest absolute Gasteiger partial charge is 0.339 e. The van der Waals surface area contributed by atoms with Gasteiger partial charge in [-0.05, 0) is 5.56 Å². The highest BCUT2D eigenvalue weighted by Gasteiger charge is 2.23. The number of hydrogen-bond acceptors (Lipinski definition) is 4. The third-order valence-corrected chi connectivity index (χ3v) is 3.21. The van der Waals surface area contributed by atoms with Gasteiger partial charge in [0.05, 0.1) is 10.7 Å². The Morgan fingerprint density at radius 2 is 2.33 bits per heavy atom. The molecule has 0 aliphatic carbocycles. The van der Waals surface area contributed by atoms with Crippen LogP contribution >= 0.6 is 11.8 Å². The molecule has 78 valence electrons. The van der Waals surface area contributed by atoms with Crippen LogP contribution in [0.25, 0.3) is 0 Å². The van der Waals surface area contributed by atoms with Crippen molar-refractivity contribution in [3.8, 4) is 0 Å². The molecule has 0 radical (unpaired) electrons. The fourth-order valence-corrected chi connectivity index (χ4v) is 2.32. The second-order valence-electron chi connectivity index (χ2n) is 3.11. The Bertz CT molecular complexity index is 422. The van der Waals surface area contributed by atoms with Gasteiger partial charge in [-0.2, -0.15) is 0 Å². The van der Waals surface area contributed by atoms with E-state index in [0.717, 1.165) is 5.56 Å². The van der Waals surface area contributed by atoms with Crippen molar-refractivity contribution in [1.29, 1.82) is 0 Å². The molecule has 1 aromatic rings. The molecular weight excluding hydrogens is 216 g/mol. The van der Waals surface area contributed by atoms with Crippen molar-refractivity contribution in [3.05, 3.63) is 39.9 Å². The lowest BCUT2D eigenvalue weighted by molar-refractivity contribution is -0.384. The molecule has 1 N–H and O–H groups in total. The Morgan fingerprint density at radius 1 is 1.53 bits per heavy atom. The zero-order valence-electron chi connectivity index (χ0n) is 7.67. The summed E-state index contributed by atoms with van der Waals surface area (Å²) >= 11 is 1.44. The van der Waals surface area contributed by atoms with Gasteiger partial charge in [0, 0.05) is 12.1 Å². The van der Waals surface area contributed by atoms with Crippen LogP contribution in [0.4, 0.5) is 5.69 Å². The molecule has 0 aromatic heterocycles. The van der Waals surface area contributed by atoms with E-state index in [1.165, 1.54) is 23.9 Å². The molecule has 1 amide bonds. The number of nitro groups is 1. The molecule has 1 aliphatic rings. The van der Waals surface area contributed by atoms with Gasteiger partial charge in [0.25, 0.3) is 5.69 Å². The average Bonchev–Trinajstić information content (AvgIpc) is 2.65. The summed E-state index contributed by atoms with van der Waals surface area (Å²) in [6, 6.07) is 6.32. The molecule has 0 unspecified atom stereocenters. The number of hydrogen-bond donors (Lipinski definition) is 1. The molecule has 15 heavy (non-hydrogen) atoms. The van der Waals surface area contributed by atoms with Crippen molar-refractivity contribution in [1.82, 2.24) is 5.32 Å². The first-order valence-electron chi connectivity index (χ1n) is 4.32. The molecule has 1 aromatic carbocycles. The quantitative estimate of drug-likeness (QED) is 0.609. The zero-order chi connectivity index (χ0) is 10.8. The van der Waals surface area contributed by atoms with Crippen LogP contribution in [0.5, 0.6) is 0 Å². The lowest BCUT2D eigenvalue weighted by Gasteiger charge is -2.08. The van der Waals surface area contributed by atoms with Gasteiger partial charge in [-0.1, -0.05) is 12.1 Å². The second-order valence-corrected chi connectivity index (χ2v) is 4.20. The van der Waals surface area contributed by atoms with Crippen molar-refractivity contribution in [2.24, 2.45) is 0 Å². The number of thioether (sulfide) groups is 1. The third kappa shape index (κ3) is 2.10. The monoisotopic (exact) mass is 224 g/mol. The van der Waals surface area contributed by atoms with Gasteiger partial charge < -0.3 is 5.32 Å². The Labute approximate surface area is 90.0 Å². The molecule has 1 saturated heterocycles. The number of carbonyl (C=O) groups is 1. The van der Waals surface area contributed by atoms with E-state index < -0.39 is 4.92 Å². The van der Waals surface area contributed by atoms with Crippen LogP contribution in [0.3, 0.4) is 0 Å². The van der Waals surface area contributed by atoms with E-state index in [1.54, 1.807) is 12.1 Å². The van der Waals surface area contributed by atoms with Crippen LogP contribution in [-0.4, -0.2) is 16.6 Å². The van der Waals surface area contributed by atoms with Gasteiger partial charge in [-0.3, -0.25) is 14.9 Å². The number of nitro benzene ring substituents is 1. The normalized spacial score (nSPS) is 20.0. The van der Waals surface area contributed by atoms with Crippen LogP contribution in [0.2, 0.25) is 0 Å². The van der Waals surface area contributed by atoms with Crippen LogP contribution in [0.1, 0.15) is 10.9 Å². The number of benzene rings is 1. The number of carbonyl (C=O) groups excluding carboxylic acids is 1. The molecule has 5 nitrogen and oxygen atoms in total. The van der Waals surface area contributed by atoms with Gasteiger partial charge in [0.15, 0.2) is 0 Å². The van der Waals surface area contributed by atoms with Crippen LogP contribution in [0, 0.1) is 10.1 Å². The first-order valence-corrected chi connectivity index (χ1v) is 5.37. The number of non-ortho nitro benzene ring substituents is 1. The van der Waals surface area contributed by atoms with Crippen LogP contribution < -0.4 is 5.32 Å². The van der Waals surface area contributed by atoms with Crippen molar-refractivity contribution in [2.75, 3.05) is 5.75 Å². The van der Waals surface area contributed by atoms with E-state index in [0.29, 0.717) is 5.75 Å². The maximum absolute atomic E-state index is 11.0. The number of amides is 1. The first kappa shape index (κ1) is 9.97. The standard InChI is InChI=1S/C9H8N2O3S/c12-8-5-15-9(10-8)6-2-1-3-7(4-6)11(13)14/h1-4,9H,5H2,(H,10,12)/t9-/m1/s1. The molecule has 0 spiro atoms. The van der Waals surface area contributed by atoms with Crippen LogP contribution in [0.15, 0.2) is 24.3 Å². The summed E-state index contributed by atoms with van der Waals surface area (Å²) in [5.74, 6) is 0.379. The second kappa shape index (κ2) is 3.90. The van der Waals surface area contributed by atoms with Gasteiger partial charge in [-0.25, -0.2) is 0 Å². The lowest BCUT2D eigenvalue weighted by Crippen LogP contribution is -2.18. The summed E-state index contributed by atoms with van der Waals surface area (Å²) in [4.78, 5) is 21.1. The first-order chi connectivity index (χ1) is 7.16. The molecule has 1 fully saturated rings. The summed E-state index contributed by atoms with van der Waals surface area (Å²) in [6.07, 6.45) is 0. The molecule has 1 heterocycles. The molecule has 1 atom stereocenters. The molecule has 0 saturated carbocycles. The third-order valence-electron chi connectivity index (χ3n) is 2.06. The SMILES string of the molecule is O=C1CS[C@H](c2cccc([N+](=O)[O-])c2)N1. The van der Waals surface area contributed by atoms with Crippen molar-refractivity contribution < 1.29 is 9.72 Å². The predicted octanol–water partition coefficient (Wildman–Crippen LogP) is 1.46. The topological polar surface area (TPSA) is 72.2 Å². The van der Waals surface area contributed by atoms with Crippen LogP contribution in [-0.2, 0) is 4.79 Å². The zero-order valence-corrected chi connectivity index (χ0v) is 8.49. The number of rotatable bonds is 2. The lowest BCUT2D eigenvalue weighted by atomic mass is 10.2. The minimum Gasteiger partial charge on any atom is -0.339 e. The van der Waals surface area contributed by atoms with E-state index in [9.17, 15) is 14.9 Å². The molecular formula is C9H8N2O3S. The summed E-state index contributed by atoms with van der Waals surface area (Å²) in [5, 5.41) is 13.1. The fraction of sp³-hybridized carbons (Fsp3) is 0.222. The number of nitrogens with one attached hydrogen (secondary N) is 1. The molecule has 6 heteroatoms. The Balaban J connectivity index is 2.25. The van der Waals surface area contributed by atoms with Crippen molar-refractivity contribution >= 4 is 23.4 Å². The van der Waals surface area contributed by atoms with E-state index in [1.807, 2.05) is 0 Å². The minimum atomic E-state index is -0.440. The smallest absolute Gasteiger partial charge is 0.269 e. The number of nitrogens with zero attached hydrogens (tertiary/aromatic N) is 1. The average molecular weight is 224 g/mol. The Morgan fingerprint density at radius 3 is 2.93 bits per heavy atom. The highest BCUT2D eigenvalue weighted by molar-refractivity contribution is 8.00. The molecule has 2 rings (SSSR count). The Hall–Kier alpha value is -1.56. The van der Waals surface area contributed by atoms with E-state index in [-0.39, 0.29) is 17.0 Å². The minimum absolute atomic E-state index is 0.0310. The van der Waals surface area contributed by atoms with Gasteiger partial charge in [0.1, 0.15) is 5.37 Å². The summed E-state index contributed by atoms with van der Waals surface area (Å²) in [6.45, 7) is 0. The summed E-state index contributed by atoms with van der Waals surface area (Å²) in [7, 11) is 0. The van der Waals surface area contributed by atoms with E-state index >= 15 is 0 Å².